The topological polar surface area (TPSA) is 91.7 Å². The number of nitriles is 1. The number of halogens is 6. The summed E-state index contributed by atoms with van der Waals surface area (Å²) in [6.07, 6.45) is -5.64. The van der Waals surface area contributed by atoms with Gasteiger partial charge in [-0.05, 0) is 18.2 Å². The smallest absolute Gasteiger partial charge is 0.417 e. The highest BCUT2D eigenvalue weighted by Gasteiger charge is 2.36. The van der Waals surface area contributed by atoms with Gasteiger partial charge in [0, 0.05) is 18.1 Å². The van der Waals surface area contributed by atoms with E-state index in [1.807, 2.05) is 0 Å². The van der Waals surface area contributed by atoms with Crippen molar-refractivity contribution in [1.82, 2.24) is 20.2 Å². The van der Waals surface area contributed by atoms with Crippen molar-refractivity contribution >= 4 is 5.69 Å². The summed E-state index contributed by atoms with van der Waals surface area (Å²) in [5.41, 5.74) is -2.30. The average molecular weight is 428 g/mol. The van der Waals surface area contributed by atoms with E-state index in [9.17, 15) is 26.3 Å². The number of nitrogens with zero attached hydrogens (tertiary/aromatic N) is 6. The van der Waals surface area contributed by atoms with Gasteiger partial charge in [-0.25, -0.2) is 4.98 Å². The fourth-order valence-electron chi connectivity index (χ4n) is 2.51. The molecule has 0 N–H and O–H groups in total. The van der Waals surface area contributed by atoms with Gasteiger partial charge >= 0.3 is 12.4 Å². The zero-order chi connectivity index (χ0) is 21.9. The molecule has 0 radical (unpaired) electrons. The van der Waals surface area contributed by atoms with E-state index < -0.39 is 42.3 Å². The van der Waals surface area contributed by atoms with Gasteiger partial charge in [0.1, 0.15) is 12.2 Å². The Morgan fingerprint density at radius 2 is 1.83 bits per heavy atom. The number of hydrogen-bond acceptors (Lipinski definition) is 7. The molecule has 0 bridgehead atoms. The first-order valence-corrected chi connectivity index (χ1v) is 8.08. The molecule has 0 aliphatic heterocycles. The zero-order valence-electron chi connectivity index (χ0n) is 14.7. The van der Waals surface area contributed by atoms with Crippen molar-refractivity contribution in [2.45, 2.75) is 18.9 Å². The largest absolute Gasteiger partial charge is 0.417 e. The fourth-order valence-corrected chi connectivity index (χ4v) is 2.51. The molecule has 0 fully saturated rings. The minimum absolute atomic E-state index is 0.110. The first-order chi connectivity index (χ1) is 14.1. The molecule has 7 nitrogen and oxygen atoms in total. The molecule has 0 unspecified atom stereocenters. The van der Waals surface area contributed by atoms with Gasteiger partial charge < -0.3 is 9.32 Å². The van der Waals surface area contributed by atoms with Gasteiger partial charge in [0.05, 0.1) is 29.9 Å². The molecule has 30 heavy (non-hydrogen) atoms. The van der Waals surface area contributed by atoms with E-state index in [0.29, 0.717) is 11.0 Å². The maximum Gasteiger partial charge on any atom is 0.417 e. The van der Waals surface area contributed by atoms with Crippen LogP contribution in [0.25, 0.3) is 11.6 Å². The summed E-state index contributed by atoms with van der Waals surface area (Å²) in [6.45, 7) is -2.21. The van der Waals surface area contributed by atoms with Crippen molar-refractivity contribution in [3.63, 3.8) is 0 Å². The molecule has 0 amide bonds. The van der Waals surface area contributed by atoms with Crippen LogP contribution < -0.4 is 4.90 Å². The molecule has 0 atom stereocenters. The summed E-state index contributed by atoms with van der Waals surface area (Å²) >= 11 is 0. The number of benzene rings is 1. The van der Waals surface area contributed by atoms with E-state index >= 15 is 0 Å². The maximum atomic E-state index is 13.2. The number of alkyl halides is 6. The molecule has 2 aromatic heterocycles. The van der Waals surface area contributed by atoms with Crippen molar-refractivity contribution in [1.29, 1.82) is 5.26 Å². The van der Waals surface area contributed by atoms with Crippen LogP contribution >= 0.6 is 0 Å². The molecular formula is C17H10F6N6O. The molecule has 3 aromatic rings. The predicted molar refractivity (Wildman–Crippen MR) is 88.6 cm³/mol. The summed E-state index contributed by atoms with van der Waals surface area (Å²) in [6, 6.07) is 3.64. The van der Waals surface area contributed by atoms with Crippen molar-refractivity contribution in [2.24, 2.45) is 0 Å². The van der Waals surface area contributed by atoms with Crippen LogP contribution in [0.4, 0.5) is 32.0 Å². The summed E-state index contributed by atoms with van der Waals surface area (Å²) in [5, 5.41) is 16.1. The number of rotatable bonds is 5. The Labute approximate surface area is 164 Å². The van der Waals surface area contributed by atoms with Crippen molar-refractivity contribution in [2.75, 3.05) is 11.4 Å². The Balaban J connectivity index is 1.95. The molecule has 0 saturated carbocycles. The molecule has 13 heteroatoms. The quantitative estimate of drug-likeness (QED) is 0.568. The molecule has 0 aliphatic carbocycles. The normalized spacial score (nSPS) is 11.9. The average Bonchev–Trinajstić information content (AvgIpc) is 3.14. The van der Waals surface area contributed by atoms with Gasteiger partial charge in [0.2, 0.25) is 5.89 Å². The van der Waals surface area contributed by atoms with Gasteiger partial charge in [0.25, 0.3) is 5.89 Å². The monoisotopic (exact) mass is 428 g/mol. The zero-order valence-corrected chi connectivity index (χ0v) is 14.7. The number of hydrogen-bond donors (Lipinski definition) is 0. The van der Waals surface area contributed by atoms with Crippen LogP contribution in [0.15, 0.2) is 41.2 Å². The van der Waals surface area contributed by atoms with E-state index in [1.54, 1.807) is 0 Å². The van der Waals surface area contributed by atoms with E-state index in [2.05, 4.69) is 20.2 Å². The molecule has 156 valence electrons. The van der Waals surface area contributed by atoms with E-state index in [1.165, 1.54) is 24.7 Å². The Morgan fingerprint density at radius 1 is 1.07 bits per heavy atom. The summed E-state index contributed by atoms with van der Waals surface area (Å²) in [7, 11) is 0. The van der Waals surface area contributed by atoms with Crippen LogP contribution in [-0.4, -0.2) is 32.9 Å². The number of anilines is 1. The lowest BCUT2D eigenvalue weighted by Gasteiger charge is -2.25. The molecule has 1 aromatic carbocycles. The summed E-state index contributed by atoms with van der Waals surface area (Å²) in [5.74, 6) is -0.390. The minimum Gasteiger partial charge on any atom is -0.417 e. The van der Waals surface area contributed by atoms with Crippen LogP contribution in [0.2, 0.25) is 0 Å². The summed E-state index contributed by atoms with van der Waals surface area (Å²) in [4.78, 5) is 8.29. The van der Waals surface area contributed by atoms with Crippen molar-refractivity contribution < 1.29 is 30.8 Å². The first-order valence-electron chi connectivity index (χ1n) is 8.08. The lowest BCUT2D eigenvalue weighted by Crippen LogP contribution is -2.34. The summed E-state index contributed by atoms with van der Waals surface area (Å²) < 4.78 is 84.0. The van der Waals surface area contributed by atoms with E-state index in [0.717, 1.165) is 12.1 Å². The van der Waals surface area contributed by atoms with Crippen molar-refractivity contribution in [3.05, 3.63) is 53.8 Å². The molecular weight excluding hydrogens is 418 g/mol. The highest BCUT2D eigenvalue weighted by molar-refractivity contribution is 5.55. The van der Waals surface area contributed by atoms with E-state index in [-0.39, 0.29) is 17.5 Å². The highest BCUT2D eigenvalue weighted by Crippen LogP contribution is 2.35. The SMILES string of the molecule is N#Cc1ccc(N(Cc2nnc(-c3cnccn3)o2)CC(F)(F)F)cc1C(F)(F)F. The van der Waals surface area contributed by atoms with Crippen LogP contribution in [0, 0.1) is 11.3 Å². The third kappa shape index (κ3) is 5.02. The van der Waals surface area contributed by atoms with Crippen LogP contribution in [0.5, 0.6) is 0 Å². The predicted octanol–water partition coefficient (Wildman–Crippen LogP) is 3.99. The lowest BCUT2D eigenvalue weighted by molar-refractivity contribution is -0.137. The van der Waals surface area contributed by atoms with Gasteiger partial charge in [0.15, 0.2) is 0 Å². The first kappa shape index (κ1) is 21.0. The van der Waals surface area contributed by atoms with E-state index in [4.69, 9.17) is 9.68 Å². The van der Waals surface area contributed by atoms with Crippen LogP contribution in [-0.2, 0) is 12.7 Å². The van der Waals surface area contributed by atoms with Crippen molar-refractivity contribution in [3.8, 4) is 17.7 Å². The van der Waals surface area contributed by atoms with Gasteiger partial charge in [-0.1, -0.05) is 0 Å². The third-order valence-corrected chi connectivity index (χ3v) is 3.74. The molecule has 3 rings (SSSR count). The Kier molecular flexibility index (Phi) is 5.59. The van der Waals surface area contributed by atoms with Crippen LogP contribution in [0.1, 0.15) is 17.0 Å². The molecule has 2 heterocycles. The van der Waals surface area contributed by atoms with Gasteiger partial charge in [-0.3, -0.25) is 4.98 Å². The minimum atomic E-state index is -4.92. The Hall–Kier alpha value is -3.69. The molecule has 0 aliphatic rings. The standard InChI is InChI=1S/C17H10F6N6O/c18-16(19,20)9-29(11-2-1-10(6-24)12(5-11)17(21,22)23)8-14-27-28-15(30-14)13-7-25-3-4-26-13/h1-5,7H,8-9H2. The second-order valence-corrected chi connectivity index (χ2v) is 5.90. The van der Waals surface area contributed by atoms with Crippen LogP contribution in [0.3, 0.4) is 0 Å². The number of aromatic nitrogens is 4. The fraction of sp³-hybridized carbons (Fsp3) is 0.235. The second kappa shape index (κ2) is 7.97. The second-order valence-electron chi connectivity index (χ2n) is 5.90. The maximum absolute atomic E-state index is 13.2. The van der Waals surface area contributed by atoms with Gasteiger partial charge in [-0.2, -0.15) is 31.6 Å². The Morgan fingerprint density at radius 3 is 2.43 bits per heavy atom. The Bertz CT molecular complexity index is 1060. The molecule has 0 spiro atoms. The third-order valence-electron chi connectivity index (χ3n) is 3.74. The van der Waals surface area contributed by atoms with Gasteiger partial charge in [-0.15, -0.1) is 10.2 Å². The lowest BCUT2D eigenvalue weighted by atomic mass is 10.1. The highest BCUT2D eigenvalue weighted by atomic mass is 19.4. The molecule has 0 saturated heterocycles.